The molecule has 82 valence electrons. The molecule has 0 unspecified atom stereocenters. The average molecular weight is 330 g/mol. The summed E-state index contributed by atoms with van der Waals surface area (Å²) in [6.45, 7) is 0. The Kier molecular flexibility index (Phi) is 2.01. The number of fused-ring (bicyclic) bond motifs is 3. The van der Waals surface area contributed by atoms with E-state index in [1.165, 1.54) is 43.5 Å². The van der Waals surface area contributed by atoms with E-state index in [9.17, 15) is 0 Å². The maximum atomic E-state index is 2.45. The van der Waals surface area contributed by atoms with E-state index in [0.717, 1.165) is 0 Å². The molecular weight excluding hydrogens is 319 g/mol. The highest BCUT2D eigenvalue weighted by molar-refractivity contribution is 14.1. The van der Waals surface area contributed by atoms with Crippen LogP contribution in [0.2, 0.25) is 0 Å². The van der Waals surface area contributed by atoms with Crippen LogP contribution in [0.5, 0.6) is 0 Å². The average Bonchev–Trinajstić information content (AvgIpc) is 2.70. The number of halogens is 1. The molecule has 4 rings (SSSR count). The molecule has 0 N–H and O–H groups in total. The zero-order valence-electron chi connectivity index (χ0n) is 9.33. The molecule has 0 radical (unpaired) electrons. The molecule has 0 nitrogen and oxygen atoms in total. The summed E-state index contributed by atoms with van der Waals surface area (Å²) in [5.74, 6) is 0. The molecule has 0 aromatic heterocycles. The van der Waals surface area contributed by atoms with Crippen molar-refractivity contribution in [2.24, 2.45) is 0 Å². The van der Waals surface area contributed by atoms with Crippen molar-refractivity contribution >= 4 is 34.2 Å². The third-order valence-electron chi connectivity index (χ3n) is 3.78. The van der Waals surface area contributed by atoms with Gasteiger partial charge < -0.3 is 0 Å². The van der Waals surface area contributed by atoms with Gasteiger partial charge in [-0.25, -0.2) is 0 Å². The molecule has 0 heterocycles. The molecule has 0 fully saturated rings. The maximum Gasteiger partial charge on any atom is 0.0206 e. The van der Waals surface area contributed by atoms with Crippen LogP contribution in [0.4, 0.5) is 0 Å². The van der Waals surface area contributed by atoms with Crippen LogP contribution in [-0.2, 0) is 0 Å². The van der Waals surface area contributed by atoms with Crippen LogP contribution in [0.15, 0.2) is 36.4 Å². The van der Waals surface area contributed by atoms with Gasteiger partial charge in [0.25, 0.3) is 0 Å². The minimum absolute atomic E-state index is 1.18. The standard InChI is InChI=1S/C16H11I/c17-15-9-8-13-11-5-2-1-4-10(11)12-6-3-7-14(15)16(12)13/h1-2,4-5,7-9H,3,6H2. The molecule has 2 aliphatic carbocycles. The molecule has 2 aromatic rings. The lowest BCUT2D eigenvalue weighted by Crippen LogP contribution is -2.31. The first kappa shape index (κ1) is 9.89. The minimum Gasteiger partial charge on any atom is -0.0752 e. The van der Waals surface area contributed by atoms with E-state index in [0.29, 0.717) is 0 Å². The molecule has 1 heteroatoms. The number of hydrogen-bond acceptors (Lipinski definition) is 0. The van der Waals surface area contributed by atoms with E-state index >= 15 is 0 Å². The molecule has 0 spiro atoms. The van der Waals surface area contributed by atoms with Gasteiger partial charge in [0.1, 0.15) is 0 Å². The largest absolute Gasteiger partial charge is 0.0752 e. The van der Waals surface area contributed by atoms with Crippen LogP contribution < -0.4 is 10.4 Å². The summed E-state index contributed by atoms with van der Waals surface area (Å²) >= 11 is 2.45. The van der Waals surface area contributed by atoms with Crippen LogP contribution in [-0.4, -0.2) is 0 Å². The van der Waals surface area contributed by atoms with Crippen molar-refractivity contribution in [2.45, 2.75) is 12.8 Å². The Morgan fingerprint density at radius 2 is 1.71 bits per heavy atom. The second-order valence-electron chi connectivity index (χ2n) is 4.65. The Morgan fingerprint density at radius 3 is 2.59 bits per heavy atom. The molecule has 0 saturated heterocycles. The fraction of sp³-hybridized carbons (Fsp3) is 0.125. The molecule has 2 aromatic carbocycles. The van der Waals surface area contributed by atoms with Gasteiger partial charge in [0, 0.05) is 3.57 Å². The number of hydrogen-bond donors (Lipinski definition) is 0. The van der Waals surface area contributed by atoms with Crippen molar-refractivity contribution in [1.29, 1.82) is 0 Å². The molecule has 0 bridgehead atoms. The first-order chi connectivity index (χ1) is 8.36. The molecule has 0 amide bonds. The van der Waals surface area contributed by atoms with E-state index in [-0.39, 0.29) is 0 Å². The van der Waals surface area contributed by atoms with Gasteiger partial charge >= 0.3 is 0 Å². The van der Waals surface area contributed by atoms with Gasteiger partial charge in [-0.1, -0.05) is 36.4 Å². The van der Waals surface area contributed by atoms with Crippen molar-refractivity contribution in [1.82, 2.24) is 0 Å². The number of benzene rings is 2. The van der Waals surface area contributed by atoms with Gasteiger partial charge in [0.2, 0.25) is 0 Å². The van der Waals surface area contributed by atoms with Crippen molar-refractivity contribution in [2.75, 3.05) is 0 Å². The molecule has 17 heavy (non-hydrogen) atoms. The monoisotopic (exact) mass is 330 g/mol. The van der Waals surface area contributed by atoms with Gasteiger partial charge in [0.15, 0.2) is 0 Å². The smallest absolute Gasteiger partial charge is 0.0206 e. The Balaban J connectivity index is 2.28. The summed E-state index contributed by atoms with van der Waals surface area (Å²) in [7, 11) is 0. The first-order valence-corrected chi connectivity index (χ1v) is 7.06. The van der Waals surface area contributed by atoms with Gasteiger partial charge in [-0.2, -0.15) is 0 Å². The summed E-state index contributed by atoms with van der Waals surface area (Å²) in [6, 6.07) is 13.4. The van der Waals surface area contributed by atoms with E-state index in [1.54, 1.807) is 5.57 Å². The zero-order chi connectivity index (χ0) is 11.4. The van der Waals surface area contributed by atoms with Gasteiger partial charge in [-0.05, 0) is 74.2 Å². The van der Waals surface area contributed by atoms with Gasteiger partial charge in [-0.3, -0.25) is 0 Å². The van der Waals surface area contributed by atoms with Crippen LogP contribution in [0.1, 0.15) is 18.4 Å². The zero-order valence-corrected chi connectivity index (χ0v) is 11.5. The summed E-state index contributed by atoms with van der Waals surface area (Å²) in [6.07, 6.45) is 4.77. The fourth-order valence-electron chi connectivity index (χ4n) is 3.08. The maximum absolute atomic E-state index is 2.45. The van der Waals surface area contributed by atoms with Crippen molar-refractivity contribution in [3.8, 4) is 11.1 Å². The summed E-state index contributed by atoms with van der Waals surface area (Å²) in [4.78, 5) is 0. The third-order valence-corrected chi connectivity index (χ3v) is 4.72. The molecule has 2 aliphatic rings. The van der Waals surface area contributed by atoms with E-state index in [4.69, 9.17) is 0 Å². The lowest BCUT2D eigenvalue weighted by Gasteiger charge is -2.07. The normalized spacial score (nSPS) is 15.2. The Bertz CT molecular complexity index is 754. The molecular formula is C16H11I. The summed E-state index contributed by atoms with van der Waals surface area (Å²) < 4.78 is 1.38. The van der Waals surface area contributed by atoms with E-state index in [1.807, 2.05) is 0 Å². The Morgan fingerprint density at radius 1 is 0.882 bits per heavy atom. The highest BCUT2D eigenvalue weighted by atomic mass is 127. The predicted octanol–water partition coefficient (Wildman–Crippen LogP) is 3.04. The SMILES string of the molecule is Ic1ccc2c3c1=CCCC=3c1ccccc1-2. The van der Waals surface area contributed by atoms with Crippen molar-refractivity contribution < 1.29 is 0 Å². The topological polar surface area (TPSA) is 0 Å². The first-order valence-electron chi connectivity index (χ1n) is 5.98. The van der Waals surface area contributed by atoms with Crippen LogP contribution in [0, 0.1) is 3.57 Å². The van der Waals surface area contributed by atoms with E-state index < -0.39 is 0 Å². The molecule has 0 saturated carbocycles. The second kappa shape index (κ2) is 3.45. The Hall–Kier alpha value is -1.09. The Labute approximate surface area is 114 Å². The van der Waals surface area contributed by atoms with Crippen molar-refractivity contribution in [3.05, 3.63) is 56.0 Å². The highest BCUT2D eigenvalue weighted by Crippen LogP contribution is 2.34. The third kappa shape index (κ3) is 1.23. The van der Waals surface area contributed by atoms with Crippen molar-refractivity contribution in [3.63, 3.8) is 0 Å². The van der Waals surface area contributed by atoms with Crippen LogP contribution in [0.3, 0.4) is 0 Å². The van der Waals surface area contributed by atoms with Gasteiger partial charge in [0.05, 0.1) is 0 Å². The highest BCUT2D eigenvalue weighted by Gasteiger charge is 2.21. The van der Waals surface area contributed by atoms with Gasteiger partial charge in [-0.15, -0.1) is 0 Å². The molecule has 0 atom stereocenters. The summed E-state index contributed by atoms with van der Waals surface area (Å²) in [5.41, 5.74) is 5.87. The predicted molar refractivity (Wildman–Crippen MR) is 80.1 cm³/mol. The number of rotatable bonds is 0. The van der Waals surface area contributed by atoms with Crippen LogP contribution in [0.25, 0.3) is 22.8 Å². The lowest BCUT2D eigenvalue weighted by molar-refractivity contribution is 1.08. The fourth-order valence-corrected chi connectivity index (χ4v) is 3.75. The lowest BCUT2D eigenvalue weighted by atomic mass is 9.98. The second-order valence-corrected chi connectivity index (χ2v) is 5.81. The quantitative estimate of drug-likeness (QED) is 0.652. The van der Waals surface area contributed by atoms with Crippen LogP contribution >= 0.6 is 22.6 Å². The van der Waals surface area contributed by atoms with E-state index in [2.05, 4.69) is 65.1 Å². The summed E-state index contributed by atoms with van der Waals surface area (Å²) in [5, 5.41) is 2.96. The minimum atomic E-state index is 1.18. The molecule has 0 aliphatic heterocycles.